The van der Waals surface area contributed by atoms with Crippen LogP contribution in [0.2, 0.25) is 0 Å². The van der Waals surface area contributed by atoms with Gasteiger partial charge in [-0.05, 0) is 61.7 Å². The lowest BCUT2D eigenvalue weighted by atomic mass is 9.71. The van der Waals surface area contributed by atoms with Crippen molar-refractivity contribution in [2.24, 2.45) is 23.2 Å². The van der Waals surface area contributed by atoms with Gasteiger partial charge in [0.25, 0.3) is 0 Å². The van der Waals surface area contributed by atoms with E-state index in [-0.39, 0.29) is 6.10 Å². The first-order chi connectivity index (χ1) is 11.2. The minimum atomic E-state index is -1.03. The molecule has 0 radical (unpaired) electrons. The first-order valence-electron chi connectivity index (χ1n) is 9.05. The summed E-state index contributed by atoms with van der Waals surface area (Å²) in [5.41, 5.74) is -0.567. The van der Waals surface area contributed by atoms with Crippen LogP contribution in [0.4, 0.5) is 4.79 Å². The Morgan fingerprint density at radius 1 is 1.38 bits per heavy atom. The highest BCUT2D eigenvalue weighted by Gasteiger charge is 2.49. The molecule has 2 rings (SSSR count). The van der Waals surface area contributed by atoms with E-state index in [1.54, 1.807) is 20.8 Å². The van der Waals surface area contributed by atoms with Gasteiger partial charge in [0.2, 0.25) is 0 Å². The second-order valence-electron chi connectivity index (χ2n) is 8.35. The summed E-state index contributed by atoms with van der Waals surface area (Å²) in [7, 11) is 0. The number of carbonyl (C=O) groups is 2. The van der Waals surface area contributed by atoms with Gasteiger partial charge in [0.1, 0.15) is 12.1 Å². The Morgan fingerprint density at radius 2 is 2.08 bits per heavy atom. The number of ether oxygens (including phenoxy) is 1. The van der Waals surface area contributed by atoms with Crippen LogP contribution >= 0.6 is 0 Å². The predicted octanol–water partition coefficient (Wildman–Crippen LogP) is 3.98. The molecule has 1 amide bonds. The van der Waals surface area contributed by atoms with Crippen LogP contribution in [-0.4, -0.2) is 29.3 Å². The third-order valence-electron chi connectivity index (χ3n) is 5.62. The molecule has 5 nitrogen and oxygen atoms in total. The molecule has 0 aromatic rings. The van der Waals surface area contributed by atoms with Gasteiger partial charge >= 0.3 is 12.1 Å². The monoisotopic (exact) mass is 337 g/mol. The number of carboxylic acid groups (broad SMARTS) is 1. The number of carbonyl (C=O) groups excluding carboxylic acids is 1. The van der Waals surface area contributed by atoms with Gasteiger partial charge in [-0.3, -0.25) is 0 Å². The number of unbranched alkanes of at least 4 members (excludes halogenated alkanes) is 1. The zero-order chi connectivity index (χ0) is 17.9. The Morgan fingerprint density at radius 3 is 2.58 bits per heavy atom. The Labute approximate surface area is 144 Å². The Hall–Kier alpha value is -1.52. The Balaban J connectivity index is 1.93. The number of hydrogen-bond acceptors (Lipinski definition) is 3. The number of aliphatic carboxylic acids is 1. The topological polar surface area (TPSA) is 75.6 Å². The summed E-state index contributed by atoms with van der Waals surface area (Å²) < 4.78 is 5.67. The average Bonchev–Trinajstić information content (AvgIpc) is 2.67. The van der Waals surface area contributed by atoms with Crippen molar-refractivity contribution in [3.8, 4) is 0 Å². The minimum Gasteiger partial charge on any atom is -0.480 e. The van der Waals surface area contributed by atoms with Gasteiger partial charge in [0.05, 0.1) is 0 Å². The molecule has 0 aliphatic heterocycles. The molecular formula is C19H31NO4. The highest BCUT2D eigenvalue weighted by molar-refractivity contribution is 5.80. The third kappa shape index (κ3) is 4.31. The first kappa shape index (κ1) is 18.8. The largest absolute Gasteiger partial charge is 0.480 e. The SMILES string of the molecule is C=CCCCC1C(OC(=O)NC(C(=O)O)C(C)(C)C)CC2CCC21. The molecule has 0 bridgehead atoms. The molecule has 5 atom stereocenters. The van der Waals surface area contributed by atoms with Crippen LogP contribution in [0.5, 0.6) is 0 Å². The highest BCUT2D eigenvalue weighted by atomic mass is 16.6. The van der Waals surface area contributed by atoms with Crippen molar-refractivity contribution in [1.29, 1.82) is 0 Å². The van der Waals surface area contributed by atoms with Crippen molar-refractivity contribution < 1.29 is 19.4 Å². The number of carboxylic acids is 1. The summed E-state index contributed by atoms with van der Waals surface area (Å²) >= 11 is 0. The van der Waals surface area contributed by atoms with Gasteiger partial charge in [-0.15, -0.1) is 6.58 Å². The Kier molecular flexibility index (Phi) is 5.94. The maximum atomic E-state index is 12.3. The minimum absolute atomic E-state index is 0.0817. The van der Waals surface area contributed by atoms with E-state index < -0.39 is 23.5 Å². The molecule has 2 fully saturated rings. The van der Waals surface area contributed by atoms with Gasteiger partial charge in [-0.1, -0.05) is 26.8 Å². The van der Waals surface area contributed by atoms with E-state index in [1.165, 1.54) is 12.8 Å². The van der Waals surface area contributed by atoms with Gasteiger partial charge in [0.15, 0.2) is 0 Å². The molecule has 24 heavy (non-hydrogen) atoms. The van der Waals surface area contributed by atoms with Crippen LogP contribution in [0.1, 0.15) is 59.3 Å². The molecule has 0 spiro atoms. The van der Waals surface area contributed by atoms with Crippen LogP contribution < -0.4 is 5.32 Å². The fraction of sp³-hybridized carbons (Fsp3) is 0.789. The molecule has 136 valence electrons. The van der Waals surface area contributed by atoms with Crippen LogP contribution in [0.3, 0.4) is 0 Å². The van der Waals surface area contributed by atoms with Crippen LogP contribution in [0, 0.1) is 23.2 Å². The van der Waals surface area contributed by atoms with Gasteiger partial charge in [-0.2, -0.15) is 0 Å². The summed E-state index contributed by atoms with van der Waals surface area (Å²) in [6, 6.07) is -0.956. The number of amides is 1. The lowest BCUT2D eigenvalue weighted by Crippen LogP contribution is -2.50. The predicted molar refractivity (Wildman–Crippen MR) is 92.7 cm³/mol. The normalized spacial score (nSPS) is 30.0. The quantitative estimate of drug-likeness (QED) is 0.544. The van der Waals surface area contributed by atoms with E-state index in [1.807, 2.05) is 6.08 Å². The van der Waals surface area contributed by atoms with Gasteiger partial charge < -0.3 is 15.2 Å². The number of allylic oxidation sites excluding steroid dienone is 1. The van der Waals surface area contributed by atoms with Crippen molar-refractivity contribution in [3.63, 3.8) is 0 Å². The van der Waals surface area contributed by atoms with E-state index in [9.17, 15) is 14.7 Å². The zero-order valence-electron chi connectivity index (χ0n) is 15.1. The number of nitrogens with one attached hydrogen (secondary N) is 1. The Bertz CT molecular complexity index is 482. The van der Waals surface area contributed by atoms with E-state index in [2.05, 4.69) is 11.9 Å². The molecule has 2 aliphatic carbocycles. The molecule has 5 unspecified atom stereocenters. The summed E-state index contributed by atoms with van der Waals surface area (Å²) in [6.07, 6.45) is 7.72. The molecule has 0 saturated heterocycles. The van der Waals surface area contributed by atoms with Crippen LogP contribution in [0.15, 0.2) is 12.7 Å². The fourth-order valence-corrected chi connectivity index (χ4v) is 4.17. The van der Waals surface area contributed by atoms with Gasteiger partial charge in [-0.25, -0.2) is 9.59 Å². The first-order valence-corrected chi connectivity index (χ1v) is 9.05. The molecule has 0 heterocycles. The van der Waals surface area contributed by atoms with E-state index >= 15 is 0 Å². The number of rotatable bonds is 7. The lowest BCUT2D eigenvalue weighted by Gasteiger charge is -2.34. The van der Waals surface area contributed by atoms with E-state index in [0.29, 0.717) is 17.8 Å². The second-order valence-corrected chi connectivity index (χ2v) is 8.35. The van der Waals surface area contributed by atoms with Crippen molar-refractivity contribution in [2.75, 3.05) is 0 Å². The molecule has 2 aliphatic rings. The number of alkyl carbamates (subject to hydrolysis) is 1. The fourth-order valence-electron chi connectivity index (χ4n) is 4.17. The average molecular weight is 337 g/mol. The molecule has 2 saturated carbocycles. The molecule has 0 aromatic carbocycles. The van der Waals surface area contributed by atoms with Crippen molar-refractivity contribution in [1.82, 2.24) is 5.32 Å². The van der Waals surface area contributed by atoms with Crippen LogP contribution in [-0.2, 0) is 9.53 Å². The molecule has 2 N–H and O–H groups in total. The van der Waals surface area contributed by atoms with Crippen molar-refractivity contribution in [3.05, 3.63) is 12.7 Å². The summed E-state index contributed by atoms with van der Waals surface area (Å²) in [5.74, 6) is 0.723. The van der Waals surface area contributed by atoms with Crippen molar-refractivity contribution >= 4 is 12.1 Å². The molecule has 5 heteroatoms. The van der Waals surface area contributed by atoms with Crippen molar-refractivity contribution in [2.45, 2.75) is 71.4 Å². The third-order valence-corrected chi connectivity index (χ3v) is 5.62. The maximum Gasteiger partial charge on any atom is 0.408 e. The smallest absolute Gasteiger partial charge is 0.408 e. The number of hydrogen-bond donors (Lipinski definition) is 2. The number of fused-ring (bicyclic) bond motifs is 1. The molecule has 0 aromatic heterocycles. The zero-order valence-corrected chi connectivity index (χ0v) is 15.1. The standard InChI is InChI=1S/C19H31NO4/c1-5-6-7-8-14-13-10-9-12(13)11-15(14)24-18(23)20-16(17(21)22)19(2,3)4/h5,12-16H,1,6-11H2,2-4H3,(H,20,23)(H,21,22). The maximum absolute atomic E-state index is 12.3. The van der Waals surface area contributed by atoms with E-state index in [4.69, 9.17) is 4.74 Å². The molecular weight excluding hydrogens is 306 g/mol. The van der Waals surface area contributed by atoms with Crippen LogP contribution in [0.25, 0.3) is 0 Å². The summed E-state index contributed by atoms with van der Waals surface area (Å²) in [5, 5.41) is 11.9. The van der Waals surface area contributed by atoms with E-state index in [0.717, 1.165) is 25.7 Å². The highest BCUT2D eigenvalue weighted by Crippen LogP contribution is 2.53. The summed E-state index contributed by atoms with van der Waals surface area (Å²) in [4.78, 5) is 23.6. The second kappa shape index (κ2) is 7.58. The lowest BCUT2D eigenvalue weighted by molar-refractivity contribution is -0.142. The summed E-state index contributed by atoms with van der Waals surface area (Å²) in [6.45, 7) is 9.14. The van der Waals surface area contributed by atoms with Gasteiger partial charge in [0, 0.05) is 0 Å².